The lowest BCUT2D eigenvalue weighted by Crippen LogP contribution is -2.43. The van der Waals surface area contributed by atoms with Crippen LogP contribution in [0.2, 0.25) is 0 Å². The topological polar surface area (TPSA) is 41.6 Å². The first-order valence-electron chi connectivity index (χ1n) is 9.30. The normalized spacial score (nSPS) is 30.5. The molecule has 0 spiro atoms. The molecule has 4 atom stereocenters. The van der Waals surface area contributed by atoms with E-state index in [9.17, 15) is 4.79 Å². The third-order valence-corrected chi connectivity index (χ3v) is 5.23. The molecule has 1 N–H and O–H groups in total. The Morgan fingerprint density at radius 2 is 1.92 bits per heavy atom. The molecule has 0 radical (unpaired) electrons. The van der Waals surface area contributed by atoms with Crippen molar-refractivity contribution in [2.45, 2.75) is 57.8 Å². The number of ether oxygens (including phenoxy) is 1. The van der Waals surface area contributed by atoms with Gasteiger partial charge in [-0.15, -0.1) is 0 Å². The van der Waals surface area contributed by atoms with Gasteiger partial charge in [-0.05, 0) is 51.1 Å². The van der Waals surface area contributed by atoms with Gasteiger partial charge in [-0.3, -0.25) is 4.79 Å². The predicted octanol–water partition coefficient (Wildman–Crippen LogP) is 2.62. The quantitative estimate of drug-likeness (QED) is 0.902. The third-order valence-electron chi connectivity index (χ3n) is 5.23. The van der Waals surface area contributed by atoms with Crippen molar-refractivity contribution in [3.63, 3.8) is 0 Å². The van der Waals surface area contributed by atoms with E-state index in [1.807, 2.05) is 35.2 Å². The molecule has 4 heteroatoms. The molecular formula is C20H30N2O2. The van der Waals surface area contributed by atoms with Crippen molar-refractivity contribution in [3.8, 4) is 0 Å². The lowest BCUT2D eigenvalue weighted by molar-refractivity contribution is -0.129. The van der Waals surface area contributed by atoms with Crippen molar-refractivity contribution in [1.29, 1.82) is 0 Å². The Labute approximate surface area is 145 Å². The Morgan fingerprint density at radius 3 is 2.62 bits per heavy atom. The van der Waals surface area contributed by atoms with E-state index in [1.54, 1.807) is 0 Å². The molecule has 0 saturated carbocycles. The maximum Gasteiger partial charge on any atom is 0.226 e. The van der Waals surface area contributed by atoms with Crippen molar-refractivity contribution in [2.75, 3.05) is 19.6 Å². The van der Waals surface area contributed by atoms with E-state index >= 15 is 0 Å². The van der Waals surface area contributed by atoms with Gasteiger partial charge in [-0.25, -0.2) is 0 Å². The van der Waals surface area contributed by atoms with E-state index in [4.69, 9.17) is 4.74 Å². The minimum Gasteiger partial charge on any atom is -0.375 e. The minimum atomic E-state index is 0.261. The number of carbonyl (C=O) groups excluding carboxylic acids is 1. The molecule has 0 aromatic heterocycles. The molecule has 2 aliphatic rings. The monoisotopic (exact) mass is 330 g/mol. The van der Waals surface area contributed by atoms with E-state index in [2.05, 4.69) is 19.2 Å². The first-order chi connectivity index (χ1) is 11.6. The zero-order valence-corrected chi connectivity index (χ0v) is 14.9. The van der Waals surface area contributed by atoms with Crippen molar-refractivity contribution >= 4 is 5.91 Å². The Morgan fingerprint density at radius 1 is 1.21 bits per heavy atom. The van der Waals surface area contributed by atoms with Crippen LogP contribution < -0.4 is 5.32 Å². The zero-order valence-electron chi connectivity index (χ0n) is 14.9. The lowest BCUT2D eigenvalue weighted by atomic mass is 9.99. The smallest absolute Gasteiger partial charge is 0.226 e. The van der Waals surface area contributed by atoms with E-state index in [0.717, 1.165) is 44.5 Å². The maximum atomic E-state index is 12.4. The summed E-state index contributed by atoms with van der Waals surface area (Å²) in [5, 5.41) is 3.72. The maximum absolute atomic E-state index is 12.4. The number of amides is 1. The summed E-state index contributed by atoms with van der Waals surface area (Å²) >= 11 is 0. The first-order valence-corrected chi connectivity index (χ1v) is 9.30. The summed E-state index contributed by atoms with van der Waals surface area (Å²) in [6.07, 6.45) is 4.51. The minimum absolute atomic E-state index is 0.261. The van der Waals surface area contributed by atoms with Crippen molar-refractivity contribution in [3.05, 3.63) is 35.9 Å². The van der Waals surface area contributed by atoms with Crippen molar-refractivity contribution < 1.29 is 9.53 Å². The van der Waals surface area contributed by atoms with Crippen LogP contribution in [0.3, 0.4) is 0 Å². The SMILES string of the molecule is C[C@@H]1CC(NC[C@H]2CCN(C(=O)Cc3ccccc3)C2)C[C@H](C)O1. The highest BCUT2D eigenvalue weighted by atomic mass is 16.5. The molecule has 24 heavy (non-hydrogen) atoms. The Kier molecular flexibility index (Phi) is 5.90. The molecule has 2 heterocycles. The second kappa shape index (κ2) is 8.13. The molecule has 4 nitrogen and oxygen atoms in total. The molecule has 132 valence electrons. The van der Waals surface area contributed by atoms with Crippen LogP contribution in [0.25, 0.3) is 0 Å². The number of nitrogens with one attached hydrogen (secondary N) is 1. The van der Waals surface area contributed by atoms with Crippen LogP contribution in [0, 0.1) is 5.92 Å². The second-order valence-electron chi connectivity index (χ2n) is 7.49. The molecule has 3 rings (SSSR count). The van der Waals surface area contributed by atoms with Crippen molar-refractivity contribution in [2.24, 2.45) is 5.92 Å². The third kappa shape index (κ3) is 4.81. The Hall–Kier alpha value is -1.39. The van der Waals surface area contributed by atoms with Gasteiger partial charge in [0.25, 0.3) is 0 Å². The summed E-state index contributed by atoms with van der Waals surface area (Å²) in [6, 6.07) is 10.6. The number of rotatable bonds is 5. The average Bonchev–Trinajstić information content (AvgIpc) is 3.02. The van der Waals surface area contributed by atoms with Crippen LogP contribution in [-0.2, 0) is 16.0 Å². The van der Waals surface area contributed by atoms with Gasteiger partial charge in [0, 0.05) is 19.1 Å². The molecule has 0 aliphatic carbocycles. The molecule has 2 fully saturated rings. The number of nitrogens with zero attached hydrogens (tertiary/aromatic N) is 1. The summed E-state index contributed by atoms with van der Waals surface area (Å²) in [7, 11) is 0. The fraction of sp³-hybridized carbons (Fsp3) is 0.650. The molecule has 1 amide bonds. The summed E-state index contributed by atoms with van der Waals surface area (Å²) in [6.45, 7) is 7.12. The average molecular weight is 330 g/mol. The van der Waals surface area contributed by atoms with Crippen LogP contribution in [0.4, 0.5) is 0 Å². The molecule has 1 aromatic carbocycles. The largest absolute Gasteiger partial charge is 0.375 e. The predicted molar refractivity (Wildman–Crippen MR) is 95.9 cm³/mol. The summed E-state index contributed by atoms with van der Waals surface area (Å²) < 4.78 is 5.80. The van der Waals surface area contributed by atoms with Crippen molar-refractivity contribution in [1.82, 2.24) is 10.2 Å². The first kappa shape index (κ1) is 17.4. The molecule has 1 aromatic rings. The van der Waals surface area contributed by atoms with Gasteiger partial charge in [-0.2, -0.15) is 0 Å². The highest BCUT2D eigenvalue weighted by Gasteiger charge is 2.28. The van der Waals surface area contributed by atoms with E-state index in [1.165, 1.54) is 0 Å². The van der Waals surface area contributed by atoms with Gasteiger partial charge in [0.15, 0.2) is 0 Å². The lowest BCUT2D eigenvalue weighted by Gasteiger charge is -2.33. The molecule has 1 unspecified atom stereocenters. The number of carbonyl (C=O) groups is 1. The van der Waals surface area contributed by atoms with Gasteiger partial charge < -0.3 is 15.0 Å². The number of likely N-dealkylation sites (tertiary alicyclic amines) is 1. The van der Waals surface area contributed by atoms with E-state index < -0.39 is 0 Å². The Bertz CT molecular complexity index is 524. The van der Waals surface area contributed by atoms with Crippen LogP contribution in [-0.4, -0.2) is 48.7 Å². The van der Waals surface area contributed by atoms with E-state index in [0.29, 0.717) is 30.6 Å². The van der Waals surface area contributed by atoms with Gasteiger partial charge >= 0.3 is 0 Å². The molecule has 2 saturated heterocycles. The Balaban J connectivity index is 1.41. The summed E-state index contributed by atoms with van der Waals surface area (Å²) in [4.78, 5) is 14.5. The standard InChI is InChI=1S/C20H30N2O2/c1-15-10-19(11-16(2)24-15)21-13-18-8-9-22(14-18)20(23)12-17-6-4-3-5-7-17/h3-7,15-16,18-19,21H,8-14H2,1-2H3/t15-,16+,18-,19?/m1/s1. The highest BCUT2D eigenvalue weighted by Crippen LogP contribution is 2.21. The molecular weight excluding hydrogens is 300 g/mol. The van der Waals surface area contributed by atoms with Gasteiger partial charge in [0.05, 0.1) is 18.6 Å². The van der Waals surface area contributed by atoms with E-state index in [-0.39, 0.29) is 5.91 Å². The zero-order chi connectivity index (χ0) is 16.9. The highest BCUT2D eigenvalue weighted by molar-refractivity contribution is 5.79. The van der Waals surface area contributed by atoms with Crippen LogP contribution in [0.1, 0.15) is 38.7 Å². The molecule has 0 bridgehead atoms. The van der Waals surface area contributed by atoms with Crippen LogP contribution in [0.15, 0.2) is 30.3 Å². The fourth-order valence-corrected chi connectivity index (χ4v) is 4.01. The number of hydrogen-bond acceptors (Lipinski definition) is 3. The fourth-order valence-electron chi connectivity index (χ4n) is 4.01. The van der Waals surface area contributed by atoms with Gasteiger partial charge in [0.1, 0.15) is 0 Å². The van der Waals surface area contributed by atoms with Gasteiger partial charge in [-0.1, -0.05) is 30.3 Å². The second-order valence-corrected chi connectivity index (χ2v) is 7.49. The summed E-state index contributed by atoms with van der Waals surface area (Å²) in [5.74, 6) is 0.843. The molecule has 2 aliphatic heterocycles. The summed E-state index contributed by atoms with van der Waals surface area (Å²) in [5.41, 5.74) is 1.11. The van der Waals surface area contributed by atoms with Gasteiger partial charge in [0.2, 0.25) is 5.91 Å². The van der Waals surface area contributed by atoms with Crippen LogP contribution in [0.5, 0.6) is 0 Å². The number of benzene rings is 1. The number of hydrogen-bond donors (Lipinski definition) is 1. The van der Waals surface area contributed by atoms with Crippen LogP contribution >= 0.6 is 0 Å².